The Morgan fingerprint density at radius 2 is 2.06 bits per heavy atom. The molecule has 0 aliphatic heterocycles. The molecule has 1 aliphatic carbocycles. The number of amides is 1. The summed E-state index contributed by atoms with van der Waals surface area (Å²) in [7, 11) is 0. The van der Waals surface area contributed by atoms with Gasteiger partial charge in [-0.15, -0.1) is 0 Å². The number of rotatable bonds is 3. The van der Waals surface area contributed by atoms with Crippen LogP contribution in [0.4, 0.5) is 0 Å². The number of carbonyl (C=O) groups is 1. The van der Waals surface area contributed by atoms with Crippen LogP contribution in [0.1, 0.15) is 36.0 Å². The van der Waals surface area contributed by atoms with Gasteiger partial charge in [-0.1, -0.05) is 29.8 Å². The third kappa shape index (κ3) is 3.24. The lowest BCUT2D eigenvalue weighted by Crippen LogP contribution is -2.37. The number of allylic oxidation sites excluding steroid dienone is 2. The molecule has 2 rings (SSSR count). The lowest BCUT2D eigenvalue weighted by Gasteiger charge is -2.15. The quantitative estimate of drug-likeness (QED) is 0.810. The number of halogens is 1. The van der Waals surface area contributed by atoms with Gasteiger partial charge in [0.25, 0.3) is 5.91 Å². The summed E-state index contributed by atoms with van der Waals surface area (Å²) in [5.41, 5.74) is 7.18. The first-order chi connectivity index (χ1) is 8.27. The van der Waals surface area contributed by atoms with Gasteiger partial charge in [-0.2, -0.15) is 0 Å². The monoisotopic (exact) mass is 250 g/mol. The third-order valence-electron chi connectivity index (χ3n) is 2.75. The van der Waals surface area contributed by atoms with Gasteiger partial charge in [-0.3, -0.25) is 10.2 Å². The standard InChI is InChI=1S/C13H15ClN2O/c14-12-9-5-4-8-11(12)13(17)16-15-10-6-2-1-3-7-10/h4-6,8-9,15H,1-3,7H2,(H,16,17). The highest BCUT2D eigenvalue weighted by Crippen LogP contribution is 2.16. The molecular weight excluding hydrogens is 236 g/mol. The van der Waals surface area contributed by atoms with E-state index >= 15 is 0 Å². The van der Waals surface area contributed by atoms with Crippen LogP contribution >= 0.6 is 11.6 Å². The van der Waals surface area contributed by atoms with Crippen molar-refractivity contribution in [3.63, 3.8) is 0 Å². The van der Waals surface area contributed by atoms with Crippen molar-refractivity contribution in [3.05, 3.63) is 46.6 Å². The molecule has 0 unspecified atom stereocenters. The van der Waals surface area contributed by atoms with Crippen molar-refractivity contribution in [1.82, 2.24) is 10.9 Å². The van der Waals surface area contributed by atoms with Crippen molar-refractivity contribution in [3.8, 4) is 0 Å². The van der Waals surface area contributed by atoms with Gasteiger partial charge >= 0.3 is 0 Å². The molecule has 0 saturated carbocycles. The zero-order valence-electron chi connectivity index (χ0n) is 9.50. The molecule has 0 saturated heterocycles. The molecule has 4 heteroatoms. The molecule has 0 bridgehead atoms. The fourth-order valence-electron chi connectivity index (χ4n) is 1.80. The Balaban J connectivity index is 1.93. The van der Waals surface area contributed by atoms with Crippen LogP contribution in [0.5, 0.6) is 0 Å². The van der Waals surface area contributed by atoms with Gasteiger partial charge in [0, 0.05) is 5.70 Å². The molecule has 0 heterocycles. The fourth-order valence-corrected chi connectivity index (χ4v) is 2.02. The largest absolute Gasteiger partial charge is 0.303 e. The van der Waals surface area contributed by atoms with E-state index < -0.39 is 0 Å². The Morgan fingerprint density at radius 1 is 1.24 bits per heavy atom. The number of hydrazine groups is 1. The summed E-state index contributed by atoms with van der Waals surface area (Å²) in [5.74, 6) is -0.206. The smallest absolute Gasteiger partial charge is 0.271 e. The maximum absolute atomic E-state index is 11.8. The minimum Gasteiger partial charge on any atom is -0.303 e. The number of benzene rings is 1. The second-order valence-corrected chi connectivity index (χ2v) is 4.44. The molecule has 1 amide bonds. The first kappa shape index (κ1) is 12.0. The minimum absolute atomic E-state index is 0.206. The SMILES string of the molecule is O=C(NNC1=CCCCC1)c1ccccc1Cl. The minimum atomic E-state index is -0.206. The number of nitrogens with one attached hydrogen (secondary N) is 2. The maximum atomic E-state index is 11.8. The fraction of sp³-hybridized carbons (Fsp3) is 0.308. The Bertz CT molecular complexity index is 443. The van der Waals surface area contributed by atoms with Crippen LogP contribution in [-0.2, 0) is 0 Å². The van der Waals surface area contributed by atoms with Crippen LogP contribution in [-0.4, -0.2) is 5.91 Å². The highest BCUT2D eigenvalue weighted by molar-refractivity contribution is 6.33. The molecule has 1 aromatic carbocycles. The van der Waals surface area contributed by atoms with Gasteiger partial charge in [0.05, 0.1) is 10.6 Å². The number of hydrogen-bond acceptors (Lipinski definition) is 2. The summed E-state index contributed by atoms with van der Waals surface area (Å²) in [6.45, 7) is 0. The van der Waals surface area contributed by atoms with Crippen molar-refractivity contribution in [1.29, 1.82) is 0 Å². The van der Waals surface area contributed by atoms with Gasteiger partial charge in [0.2, 0.25) is 0 Å². The molecule has 90 valence electrons. The molecule has 0 spiro atoms. The highest BCUT2D eigenvalue weighted by Gasteiger charge is 2.10. The van der Waals surface area contributed by atoms with E-state index in [-0.39, 0.29) is 5.91 Å². The molecule has 2 N–H and O–H groups in total. The summed E-state index contributed by atoms with van der Waals surface area (Å²) in [5, 5.41) is 0.462. The average Bonchev–Trinajstić information content (AvgIpc) is 2.38. The molecule has 0 fully saturated rings. The van der Waals surface area contributed by atoms with E-state index in [9.17, 15) is 4.79 Å². The first-order valence-electron chi connectivity index (χ1n) is 5.77. The van der Waals surface area contributed by atoms with Crippen LogP contribution in [0.3, 0.4) is 0 Å². The van der Waals surface area contributed by atoms with Crippen LogP contribution in [0.15, 0.2) is 36.0 Å². The van der Waals surface area contributed by atoms with Gasteiger partial charge in [0.15, 0.2) is 0 Å². The Labute approximate surface area is 106 Å². The summed E-state index contributed by atoms with van der Waals surface area (Å²) < 4.78 is 0. The zero-order valence-corrected chi connectivity index (χ0v) is 10.3. The Kier molecular flexibility index (Phi) is 4.04. The van der Waals surface area contributed by atoms with Crippen LogP contribution < -0.4 is 10.9 Å². The molecule has 17 heavy (non-hydrogen) atoms. The van der Waals surface area contributed by atoms with Crippen LogP contribution in [0, 0.1) is 0 Å². The van der Waals surface area contributed by atoms with E-state index in [0.29, 0.717) is 10.6 Å². The first-order valence-corrected chi connectivity index (χ1v) is 6.15. The highest BCUT2D eigenvalue weighted by atomic mass is 35.5. The summed E-state index contributed by atoms with van der Waals surface area (Å²) in [4.78, 5) is 11.8. The van der Waals surface area contributed by atoms with E-state index in [0.717, 1.165) is 18.5 Å². The van der Waals surface area contributed by atoms with Crippen LogP contribution in [0.25, 0.3) is 0 Å². The van der Waals surface area contributed by atoms with E-state index in [1.54, 1.807) is 24.3 Å². The molecule has 0 aromatic heterocycles. The second kappa shape index (κ2) is 5.73. The molecule has 3 nitrogen and oxygen atoms in total. The van der Waals surface area contributed by atoms with E-state index in [4.69, 9.17) is 11.6 Å². The number of carbonyl (C=O) groups excluding carboxylic acids is 1. The van der Waals surface area contributed by atoms with Crippen molar-refractivity contribution in [2.75, 3.05) is 0 Å². The van der Waals surface area contributed by atoms with Gasteiger partial charge in [-0.25, -0.2) is 0 Å². The normalized spacial score (nSPS) is 15.0. The van der Waals surface area contributed by atoms with Gasteiger partial charge < -0.3 is 5.43 Å². The lowest BCUT2D eigenvalue weighted by atomic mass is 10.1. The molecular formula is C13H15ClN2O. The van der Waals surface area contributed by atoms with E-state index in [1.807, 2.05) is 0 Å². The Morgan fingerprint density at radius 3 is 2.76 bits per heavy atom. The van der Waals surface area contributed by atoms with Crippen molar-refractivity contribution in [2.45, 2.75) is 25.7 Å². The lowest BCUT2D eigenvalue weighted by molar-refractivity contribution is 0.0938. The van der Waals surface area contributed by atoms with Gasteiger partial charge in [-0.05, 0) is 37.8 Å². The average molecular weight is 251 g/mol. The van der Waals surface area contributed by atoms with Crippen LogP contribution in [0.2, 0.25) is 5.02 Å². The Hall–Kier alpha value is -1.48. The summed E-state index contributed by atoms with van der Waals surface area (Å²) in [6.07, 6.45) is 6.58. The molecule has 1 aromatic rings. The van der Waals surface area contributed by atoms with E-state index in [2.05, 4.69) is 16.9 Å². The topological polar surface area (TPSA) is 41.1 Å². The van der Waals surface area contributed by atoms with Crippen molar-refractivity contribution < 1.29 is 4.79 Å². The predicted octanol–water partition coefficient (Wildman–Crippen LogP) is 3.03. The number of hydrogen-bond donors (Lipinski definition) is 2. The molecule has 0 atom stereocenters. The van der Waals surface area contributed by atoms with E-state index in [1.165, 1.54) is 12.8 Å². The second-order valence-electron chi connectivity index (χ2n) is 4.03. The molecule has 0 radical (unpaired) electrons. The summed E-state index contributed by atoms with van der Waals surface area (Å²) >= 11 is 5.94. The van der Waals surface area contributed by atoms with Crippen molar-refractivity contribution in [2.24, 2.45) is 0 Å². The van der Waals surface area contributed by atoms with Crippen molar-refractivity contribution >= 4 is 17.5 Å². The molecule has 1 aliphatic rings. The predicted molar refractivity (Wildman–Crippen MR) is 68.6 cm³/mol. The zero-order chi connectivity index (χ0) is 12.1. The third-order valence-corrected chi connectivity index (χ3v) is 3.08. The van der Waals surface area contributed by atoms with Gasteiger partial charge in [0.1, 0.15) is 0 Å². The summed E-state index contributed by atoms with van der Waals surface area (Å²) in [6, 6.07) is 7.00. The maximum Gasteiger partial charge on any atom is 0.271 e.